The summed E-state index contributed by atoms with van der Waals surface area (Å²) in [6, 6.07) is 4.30. The Balaban J connectivity index is 1.96. The Labute approximate surface area is 131 Å². The largest absolute Gasteiger partial charge is 0.481 e. The van der Waals surface area contributed by atoms with Crippen molar-refractivity contribution in [3.63, 3.8) is 0 Å². The highest BCUT2D eigenvalue weighted by Crippen LogP contribution is 2.42. The van der Waals surface area contributed by atoms with E-state index in [1.807, 2.05) is 0 Å². The Kier molecular flexibility index (Phi) is 3.84. The van der Waals surface area contributed by atoms with Crippen LogP contribution in [0.1, 0.15) is 47.9 Å². The standard InChI is InChI=1S/C20H20O2/c1-13(5-3-8-18(21)22)17-12-11-16-7-4-6-15-10-9-14(2)19(17)20(15)16/h4,6,10-12H,1-3,5,7-9H2,(H,21,22). The lowest BCUT2D eigenvalue weighted by Gasteiger charge is -2.27. The zero-order chi connectivity index (χ0) is 15.7. The van der Waals surface area contributed by atoms with Crippen LogP contribution in [0.15, 0.2) is 43.5 Å². The molecule has 1 aromatic carbocycles. The molecular formula is C20H20O2. The predicted molar refractivity (Wildman–Crippen MR) is 91.4 cm³/mol. The highest BCUT2D eigenvalue weighted by molar-refractivity contribution is 5.94. The van der Waals surface area contributed by atoms with Crippen LogP contribution >= 0.6 is 0 Å². The van der Waals surface area contributed by atoms with Gasteiger partial charge in [-0.15, -0.1) is 0 Å². The third-order valence-corrected chi connectivity index (χ3v) is 4.39. The van der Waals surface area contributed by atoms with Gasteiger partial charge in [-0.05, 0) is 64.7 Å². The lowest BCUT2D eigenvalue weighted by molar-refractivity contribution is -0.137. The first-order valence-electron chi connectivity index (χ1n) is 7.69. The quantitative estimate of drug-likeness (QED) is 0.841. The number of hydrogen-bond acceptors (Lipinski definition) is 1. The van der Waals surface area contributed by atoms with Crippen LogP contribution in [-0.4, -0.2) is 11.1 Å². The molecule has 1 aromatic rings. The molecule has 3 rings (SSSR count). The van der Waals surface area contributed by atoms with Crippen molar-refractivity contribution >= 4 is 22.7 Å². The van der Waals surface area contributed by atoms with Crippen molar-refractivity contribution in [2.75, 3.05) is 0 Å². The van der Waals surface area contributed by atoms with Crippen LogP contribution < -0.4 is 0 Å². The van der Waals surface area contributed by atoms with E-state index in [0.29, 0.717) is 12.8 Å². The zero-order valence-corrected chi connectivity index (χ0v) is 12.7. The van der Waals surface area contributed by atoms with Gasteiger partial charge in [-0.1, -0.05) is 43.5 Å². The molecule has 2 heteroatoms. The topological polar surface area (TPSA) is 37.3 Å². The third kappa shape index (κ3) is 2.57. The molecule has 0 saturated carbocycles. The zero-order valence-electron chi connectivity index (χ0n) is 12.7. The van der Waals surface area contributed by atoms with Crippen LogP contribution in [0, 0.1) is 0 Å². The Bertz CT molecular complexity index is 732. The molecule has 0 unspecified atom stereocenters. The molecular weight excluding hydrogens is 272 g/mol. The van der Waals surface area contributed by atoms with Gasteiger partial charge in [0, 0.05) is 6.42 Å². The van der Waals surface area contributed by atoms with Crippen molar-refractivity contribution < 1.29 is 9.90 Å². The number of hydrogen-bond donors (Lipinski definition) is 1. The number of carbonyl (C=O) groups is 1. The van der Waals surface area contributed by atoms with Crippen molar-refractivity contribution in [2.45, 2.75) is 32.1 Å². The fourth-order valence-electron chi connectivity index (χ4n) is 3.30. The molecule has 22 heavy (non-hydrogen) atoms. The van der Waals surface area contributed by atoms with Crippen molar-refractivity contribution in [2.24, 2.45) is 0 Å². The molecule has 112 valence electrons. The highest BCUT2D eigenvalue weighted by Gasteiger charge is 2.23. The third-order valence-electron chi connectivity index (χ3n) is 4.39. The van der Waals surface area contributed by atoms with Crippen molar-refractivity contribution in [3.05, 3.63) is 65.8 Å². The number of allylic oxidation sites excluding steroid dienone is 6. The van der Waals surface area contributed by atoms with E-state index in [-0.39, 0.29) is 6.42 Å². The molecule has 1 N–H and O–H groups in total. The van der Waals surface area contributed by atoms with Gasteiger partial charge in [0.1, 0.15) is 0 Å². The smallest absolute Gasteiger partial charge is 0.303 e. The van der Waals surface area contributed by atoms with Gasteiger partial charge in [-0.25, -0.2) is 0 Å². The monoisotopic (exact) mass is 292 g/mol. The second-order valence-electron chi connectivity index (χ2n) is 5.95. The minimum absolute atomic E-state index is 0.189. The molecule has 2 aliphatic carbocycles. The Morgan fingerprint density at radius 3 is 2.77 bits per heavy atom. The Hall–Kier alpha value is -2.35. The van der Waals surface area contributed by atoms with Crippen LogP contribution in [0.25, 0.3) is 16.7 Å². The van der Waals surface area contributed by atoms with E-state index in [9.17, 15) is 4.79 Å². The minimum Gasteiger partial charge on any atom is -0.481 e. The SMILES string of the molecule is C=C(CCCC(=O)O)c1ccc2c3c1C(=C)CC=C3C=CC2. The molecule has 0 spiro atoms. The van der Waals surface area contributed by atoms with Crippen LogP contribution in [0.4, 0.5) is 0 Å². The molecule has 2 nitrogen and oxygen atoms in total. The second kappa shape index (κ2) is 5.80. The molecule has 0 bridgehead atoms. The number of carboxylic acid groups (broad SMARTS) is 1. The van der Waals surface area contributed by atoms with E-state index < -0.39 is 5.97 Å². The van der Waals surface area contributed by atoms with Gasteiger partial charge in [0.2, 0.25) is 0 Å². The molecule has 0 radical (unpaired) electrons. The molecule has 0 aliphatic heterocycles. The number of aliphatic carboxylic acids is 1. The van der Waals surface area contributed by atoms with Gasteiger partial charge in [0.05, 0.1) is 0 Å². The summed E-state index contributed by atoms with van der Waals surface area (Å²) < 4.78 is 0. The van der Waals surface area contributed by atoms with Gasteiger partial charge in [0.15, 0.2) is 0 Å². The summed E-state index contributed by atoms with van der Waals surface area (Å²) in [6.45, 7) is 8.43. The van der Waals surface area contributed by atoms with Crippen molar-refractivity contribution in [1.29, 1.82) is 0 Å². The highest BCUT2D eigenvalue weighted by atomic mass is 16.4. The minimum atomic E-state index is -0.751. The molecule has 0 fully saturated rings. The normalized spacial score (nSPS) is 15.3. The van der Waals surface area contributed by atoms with E-state index in [1.165, 1.54) is 22.3 Å². The van der Waals surface area contributed by atoms with E-state index in [1.54, 1.807) is 0 Å². The summed E-state index contributed by atoms with van der Waals surface area (Å²) in [4.78, 5) is 10.7. The van der Waals surface area contributed by atoms with E-state index in [2.05, 4.69) is 43.5 Å². The number of benzene rings is 1. The summed E-state index contributed by atoms with van der Waals surface area (Å²) in [6.07, 6.45) is 9.97. The Morgan fingerprint density at radius 1 is 1.18 bits per heavy atom. The molecule has 0 atom stereocenters. The summed E-state index contributed by atoms with van der Waals surface area (Å²) >= 11 is 0. The van der Waals surface area contributed by atoms with Crippen molar-refractivity contribution in [1.82, 2.24) is 0 Å². The van der Waals surface area contributed by atoms with Gasteiger partial charge in [-0.2, -0.15) is 0 Å². The summed E-state index contributed by atoms with van der Waals surface area (Å²) in [5.74, 6) is -0.751. The molecule has 0 amide bonds. The predicted octanol–water partition coefficient (Wildman–Crippen LogP) is 4.87. The number of carboxylic acids is 1. The summed E-state index contributed by atoms with van der Waals surface area (Å²) in [5, 5.41) is 8.78. The van der Waals surface area contributed by atoms with E-state index >= 15 is 0 Å². The van der Waals surface area contributed by atoms with Crippen molar-refractivity contribution in [3.8, 4) is 0 Å². The molecule has 0 aromatic heterocycles. The van der Waals surface area contributed by atoms with Crippen LogP contribution in [0.3, 0.4) is 0 Å². The maximum absolute atomic E-state index is 10.7. The fourth-order valence-corrected chi connectivity index (χ4v) is 3.30. The van der Waals surface area contributed by atoms with Gasteiger partial charge in [-0.3, -0.25) is 4.79 Å². The average Bonchev–Trinajstić information content (AvgIpc) is 2.50. The van der Waals surface area contributed by atoms with Gasteiger partial charge >= 0.3 is 5.97 Å². The Morgan fingerprint density at radius 2 is 2.00 bits per heavy atom. The summed E-state index contributed by atoms with van der Waals surface area (Å²) in [5.41, 5.74) is 8.42. The second-order valence-corrected chi connectivity index (χ2v) is 5.95. The lowest BCUT2D eigenvalue weighted by atomic mass is 9.77. The number of rotatable bonds is 5. The van der Waals surface area contributed by atoms with E-state index in [4.69, 9.17) is 5.11 Å². The van der Waals surface area contributed by atoms with Crippen LogP contribution in [-0.2, 0) is 11.2 Å². The summed E-state index contributed by atoms with van der Waals surface area (Å²) in [7, 11) is 0. The van der Waals surface area contributed by atoms with Gasteiger partial charge in [0.25, 0.3) is 0 Å². The van der Waals surface area contributed by atoms with E-state index in [0.717, 1.165) is 29.6 Å². The first kappa shape index (κ1) is 14.6. The molecule has 0 saturated heterocycles. The first-order chi connectivity index (χ1) is 10.6. The van der Waals surface area contributed by atoms with Crippen LogP contribution in [0.2, 0.25) is 0 Å². The fraction of sp³-hybridized carbons (Fsp3) is 0.250. The first-order valence-corrected chi connectivity index (χ1v) is 7.69. The maximum Gasteiger partial charge on any atom is 0.303 e. The average molecular weight is 292 g/mol. The molecule has 0 heterocycles. The lowest BCUT2D eigenvalue weighted by Crippen LogP contribution is -2.08. The van der Waals surface area contributed by atoms with Gasteiger partial charge < -0.3 is 5.11 Å². The maximum atomic E-state index is 10.7. The molecule has 2 aliphatic rings. The van der Waals surface area contributed by atoms with Crippen LogP contribution in [0.5, 0.6) is 0 Å².